The maximum Gasteiger partial charge on any atom is 0.250 e. The molecule has 3 aromatic rings. The van der Waals surface area contributed by atoms with Gasteiger partial charge in [0.1, 0.15) is 5.69 Å². The summed E-state index contributed by atoms with van der Waals surface area (Å²) < 4.78 is 3.53. The summed E-state index contributed by atoms with van der Waals surface area (Å²) in [6.07, 6.45) is 0. The van der Waals surface area contributed by atoms with Crippen molar-refractivity contribution in [3.8, 4) is 22.4 Å². The molecule has 0 N–H and O–H groups in total. The number of rotatable bonds is 3. The molecule has 0 saturated heterocycles. The van der Waals surface area contributed by atoms with Gasteiger partial charge in [-0.3, -0.25) is 0 Å². The summed E-state index contributed by atoms with van der Waals surface area (Å²) in [4.78, 5) is 0. The lowest BCUT2D eigenvalue weighted by atomic mass is 9.97. The van der Waals surface area contributed by atoms with Gasteiger partial charge in [0, 0.05) is 17.0 Å². The van der Waals surface area contributed by atoms with E-state index in [4.69, 9.17) is 39.3 Å². The minimum Gasteiger partial charge on any atom is -0.356 e. The van der Waals surface area contributed by atoms with Gasteiger partial charge >= 0.3 is 0 Å². The van der Waals surface area contributed by atoms with E-state index in [0.29, 0.717) is 5.69 Å². The summed E-state index contributed by atoms with van der Waals surface area (Å²) >= 11 is 21.0. The highest BCUT2D eigenvalue weighted by Gasteiger charge is 2.29. The lowest BCUT2D eigenvalue weighted by molar-refractivity contribution is 0.389. The molecule has 1 aromatic heterocycles. The quantitative estimate of drug-likeness (QED) is 0.430. The van der Waals surface area contributed by atoms with Crippen molar-refractivity contribution >= 4 is 50.7 Å². The molecule has 118 valence electrons. The van der Waals surface area contributed by atoms with Crippen molar-refractivity contribution in [2.24, 2.45) is 0 Å². The van der Waals surface area contributed by atoms with E-state index in [9.17, 15) is 0 Å². The van der Waals surface area contributed by atoms with Crippen LogP contribution in [0.2, 0.25) is 0 Å². The molecule has 0 saturated carbocycles. The smallest absolute Gasteiger partial charge is 0.250 e. The van der Waals surface area contributed by atoms with Crippen LogP contribution in [-0.2, 0) is 9.12 Å². The van der Waals surface area contributed by atoms with Crippen LogP contribution in [0.5, 0.6) is 0 Å². The normalized spacial score (nSPS) is 11.7. The molecule has 2 nitrogen and oxygen atoms in total. The Balaban J connectivity index is 2.05. The van der Waals surface area contributed by atoms with E-state index < -0.39 is 3.79 Å². The predicted octanol–water partition coefficient (Wildman–Crippen LogP) is 6.73. The monoisotopic (exact) mass is 429 g/mol. The summed E-state index contributed by atoms with van der Waals surface area (Å²) in [6.45, 7) is 0. The maximum atomic E-state index is 5.84. The van der Waals surface area contributed by atoms with Crippen molar-refractivity contribution in [2.45, 2.75) is 9.12 Å². The fourth-order valence-electron chi connectivity index (χ4n) is 2.27. The van der Waals surface area contributed by atoms with Crippen LogP contribution in [0.1, 0.15) is 11.3 Å². The van der Waals surface area contributed by atoms with Crippen LogP contribution in [0.4, 0.5) is 0 Å². The Hall–Kier alpha value is -1.00. The summed E-state index contributed by atoms with van der Waals surface area (Å²) in [7, 11) is 0. The van der Waals surface area contributed by atoms with Crippen LogP contribution in [-0.4, -0.2) is 5.16 Å². The van der Waals surface area contributed by atoms with Gasteiger partial charge in [-0.1, -0.05) is 104 Å². The molecule has 0 aliphatic rings. The van der Waals surface area contributed by atoms with E-state index in [1.807, 2.05) is 24.3 Å². The third kappa shape index (κ3) is 3.74. The molecule has 0 aliphatic carbocycles. The Labute approximate surface area is 157 Å². The average Bonchev–Trinajstić information content (AvgIpc) is 3.05. The van der Waals surface area contributed by atoms with Crippen LogP contribution < -0.4 is 0 Å². The molecule has 0 amide bonds. The third-order valence-electron chi connectivity index (χ3n) is 3.41. The molecule has 0 aliphatic heterocycles. The fraction of sp³-hybridized carbons (Fsp3) is 0.118. The molecule has 1 heterocycles. The minimum absolute atomic E-state index is 0.196. The van der Waals surface area contributed by atoms with Crippen molar-refractivity contribution in [3.63, 3.8) is 0 Å². The second-order valence-corrected chi connectivity index (χ2v) is 7.79. The number of alkyl halides is 4. The molecule has 6 heteroatoms. The first-order chi connectivity index (χ1) is 11.0. The molecule has 23 heavy (non-hydrogen) atoms. The number of benzene rings is 2. The van der Waals surface area contributed by atoms with Crippen LogP contribution >= 0.6 is 50.7 Å². The molecule has 0 fully saturated rings. The molecule has 0 unspecified atom stereocenters. The first-order valence-corrected chi connectivity index (χ1v) is 9.03. The highest BCUT2D eigenvalue weighted by atomic mass is 79.9. The van der Waals surface area contributed by atoms with Crippen molar-refractivity contribution in [1.82, 2.24) is 5.16 Å². The van der Waals surface area contributed by atoms with Gasteiger partial charge in [-0.25, -0.2) is 0 Å². The number of hydrogen-bond donors (Lipinski definition) is 0. The van der Waals surface area contributed by atoms with Crippen LogP contribution in [0.25, 0.3) is 22.4 Å². The maximum absolute atomic E-state index is 5.84. The predicted molar refractivity (Wildman–Crippen MR) is 99.2 cm³/mol. The van der Waals surface area contributed by atoms with E-state index >= 15 is 0 Å². The summed E-state index contributed by atoms with van der Waals surface area (Å²) in [5.74, 6) is 0.196. The first kappa shape index (κ1) is 16.8. The standard InChI is InChI=1S/C17H11BrCl3NO/c18-10-11-5-7-12(8-6-11)13-3-1-2-4-14(13)15-9-16(23-22-15)17(19,20)21/h1-9H,10H2. The highest BCUT2D eigenvalue weighted by molar-refractivity contribution is 9.08. The van der Waals surface area contributed by atoms with E-state index in [1.165, 1.54) is 5.56 Å². The van der Waals surface area contributed by atoms with Crippen LogP contribution in [0.15, 0.2) is 59.1 Å². The van der Waals surface area contributed by atoms with Crippen LogP contribution in [0.3, 0.4) is 0 Å². The Morgan fingerprint density at radius 2 is 1.61 bits per heavy atom. The first-order valence-electron chi connectivity index (χ1n) is 6.77. The number of nitrogens with zero attached hydrogens (tertiary/aromatic N) is 1. The fourth-order valence-corrected chi connectivity index (χ4v) is 2.91. The highest BCUT2D eigenvalue weighted by Crippen LogP contribution is 2.40. The second kappa shape index (κ2) is 6.86. The zero-order valence-corrected chi connectivity index (χ0v) is 15.6. The lowest BCUT2D eigenvalue weighted by Crippen LogP contribution is -1.96. The van der Waals surface area contributed by atoms with E-state index in [0.717, 1.165) is 22.0 Å². The second-order valence-electron chi connectivity index (χ2n) is 4.95. The Kier molecular flexibility index (Phi) is 5.02. The van der Waals surface area contributed by atoms with Crippen molar-refractivity contribution in [3.05, 3.63) is 65.9 Å². The van der Waals surface area contributed by atoms with Gasteiger partial charge in [0.25, 0.3) is 3.79 Å². The third-order valence-corrected chi connectivity index (χ3v) is 4.62. The lowest BCUT2D eigenvalue weighted by Gasteiger charge is -2.08. The minimum atomic E-state index is -1.63. The van der Waals surface area contributed by atoms with E-state index in [2.05, 4.69) is 45.4 Å². The van der Waals surface area contributed by atoms with Gasteiger partial charge in [0.2, 0.25) is 0 Å². The summed E-state index contributed by atoms with van der Waals surface area (Å²) in [5, 5.41) is 4.86. The Bertz CT molecular complexity index is 809. The molecular formula is C17H11BrCl3NO. The average molecular weight is 432 g/mol. The molecule has 0 bridgehead atoms. The van der Waals surface area contributed by atoms with Gasteiger partial charge in [-0.05, 0) is 16.7 Å². The Morgan fingerprint density at radius 3 is 2.17 bits per heavy atom. The van der Waals surface area contributed by atoms with Crippen molar-refractivity contribution < 1.29 is 4.52 Å². The number of halogens is 4. The number of hydrogen-bond acceptors (Lipinski definition) is 2. The Morgan fingerprint density at radius 1 is 0.957 bits per heavy atom. The largest absolute Gasteiger partial charge is 0.356 e. The van der Waals surface area contributed by atoms with E-state index in [-0.39, 0.29) is 5.76 Å². The van der Waals surface area contributed by atoms with Crippen LogP contribution in [0, 0.1) is 0 Å². The van der Waals surface area contributed by atoms with Crippen molar-refractivity contribution in [2.75, 3.05) is 0 Å². The molecule has 0 atom stereocenters. The summed E-state index contributed by atoms with van der Waals surface area (Å²) in [5.41, 5.74) is 4.89. The molecule has 3 rings (SSSR count). The molecular weight excluding hydrogens is 420 g/mol. The van der Waals surface area contributed by atoms with Gasteiger partial charge in [-0.15, -0.1) is 0 Å². The van der Waals surface area contributed by atoms with E-state index in [1.54, 1.807) is 6.07 Å². The zero-order chi connectivity index (χ0) is 16.4. The van der Waals surface area contributed by atoms with Crippen molar-refractivity contribution in [1.29, 1.82) is 0 Å². The SMILES string of the molecule is ClC(Cl)(Cl)c1cc(-c2ccccc2-c2ccc(CBr)cc2)no1. The van der Waals surface area contributed by atoms with Gasteiger partial charge in [0.05, 0.1) is 0 Å². The molecule has 2 aromatic carbocycles. The topological polar surface area (TPSA) is 26.0 Å². The molecule has 0 spiro atoms. The number of aromatic nitrogens is 1. The molecule has 0 radical (unpaired) electrons. The van der Waals surface area contributed by atoms with Gasteiger partial charge in [0.15, 0.2) is 5.76 Å². The summed E-state index contributed by atoms with van der Waals surface area (Å²) in [6, 6.07) is 17.9. The van der Waals surface area contributed by atoms with Gasteiger partial charge < -0.3 is 4.52 Å². The zero-order valence-electron chi connectivity index (χ0n) is 11.8. The van der Waals surface area contributed by atoms with Gasteiger partial charge in [-0.2, -0.15) is 0 Å².